The van der Waals surface area contributed by atoms with E-state index in [4.69, 9.17) is 0 Å². The summed E-state index contributed by atoms with van der Waals surface area (Å²) < 4.78 is 0. The van der Waals surface area contributed by atoms with Gasteiger partial charge in [-0.25, -0.2) is 0 Å². The minimum atomic E-state index is 0.0265. The van der Waals surface area contributed by atoms with Crippen LogP contribution in [0.1, 0.15) is 52.0 Å². The van der Waals surface area contributed by atoms with Crippen molar-refractivity contribution in [3.63, 3.8) is 0 Å². The average Bonchev–Trinajstić information content (AvgIpc) is 3.23. The van der Waals surface area contributed by atoms with Gasteiger partial charge in [0.25, 0.3) is 0 Å². The Labute approximate surface area is 180 Å². The molecule has 1 N–H and O–H groups in total. The third-order valence-electron chi connectivity index (χ3n) is 4.29. The molecule has 0 radical (unpaired) electrons. The summed E-state index contributed by atoms with van der Waals surface area (Å²) in [5, 5.41) is 13.8. The van der Waals surface area contributed by atoms with Crippen LogP contribution in [0.4, 0.5) is 0 Å². The first-order valence-corrected chi connectivity index (χ1v) is 11.2. The van der Waals surface area contributed by atoms with Crippen LogP contribution in [0.3, 0.4) is 0 Å². The Morgan fingerprint density at radius 3 is 2.69 bits per heavy atom. The normalized spacial score (nSPS) is 12.5. The maximum Gasteiger partial charge on any atom is 0.0644 e. The van der Waals surface area contributed by atoms with Gasteiger partial charge in [-0.05, 0) is 97.7 Å². The number of thiophene rings is 1. The Morgan fingerprint density at radius 2 is 1.97 bits per heavy atom. The van der Waals surface area contributed by atoms with E-state index in [0.717, 1.165) is 31.3 Å². The number of benzene rings is 1. The van der Waals surface area contributed by atoms with Crippen LogP contribution >= 0.6 is 11.3 Å². The van der Waals surface area contributed by atoms with Crippen LogP contribution in [0.5, 0.6) is 0 Å². The second kappa shape index (κ2) is 12.3. The van der Waals surface area contributed by atoms with E-state index in [1.165, 1.54) is 16.7 Å². The van der Waals surface area contributed by atoms with Crippen LogP contribution in [0.15, 0.2) is 71.0 Å². The Morgan fingerprint density at radius 1 is 1.10 bits per heavy atom. The van der Waals surface area contributed by atoms with Crippen molar-refractivity contribution in [1.82, 2.24) is 0 Å². The first kappa shape index (κ1) is 22.9. The van der Waals surface area contributed by atoms with Gasteiger partial charge >= 0.3 is 0 Å². The van der Waals surface area contributed by atoms with Crippen LogP contribution in [0.2, 0.25) is 0 Å². The molecule has 152 valence electrons. The molecular formula is C27H32OS. The quantitative estimate of drug-likeness (QED) is 0.260. The lowest BCUT2D eigenvalue weighted by molar-refractivity contribution is 0.328. The second-order valence-corrected chi connectivity index (χ2v) is 8.90. The maximum atomic E-state index is 9.52. The monoisotopic (exact) mass is 404 g/mol. The van der Waals surface area contributed by atoms with E-state index < -0.39 is 0 Å². The summed E-state index contributed by atoms with van der Waals surface area (Å²) in [6, 6.07) is 10.8. The number of rotatable bonds is 9. The fraction of sp³-hybridized carbons (Fsp3) is 0.333. The molecule has 0 spiro atoms. The van der Waals surface area contributed by atoms with Gasteiger partial charge in [0.2, 0.25) is 0 Å². The summed E-state index contributed by atoms with van der Waals surface area (Å²) in [6.07, 6.45) is 14.4. The molecule has 29 heavy (non-hydrogen) atoms. The maximum absolute atomic E-state index is 9.52. The van der Waals surface area contributed by atoms with Crippen molar-refractivity contribution in [3.05, 3.63) is 76.5 Å². The predicted molar refractivity (Wildman–Crippen MR) is 129 cm³/mol. The Hall–Kier alpha value is -2.34. The molecule has 1 aromatic carbocycles. The molecule has 1 nitrogen and oxygen atoms in total. The first-order valence-electron chi connectivity index (χ1n) is 10.2. The average molecular weight is 405 g/mol. The van der Waals surface area contributed by atoms with Gasteiger partial charge in [0.05, 0.1) is 6.61 Å². The first-order chi connectivity index (χ1) is 14.0. The highest BCUT2D eigenvalue weighted by molar-refractivity contribution is 7.08. The van der Waals surface area contributed by atoms with Gasteiger partial charge in [0, 0.05) is 5.41 Å². The number of aliphatic hydroxyl groups is 1. The Balaban J connectivity index is 1.75. The number of allylic oxidation sites excluding steroid dienone is 4. The zero-order valence-electron chi connectivity index (χ0n) is 17.8. The lowest BCUT2D eigenvalue weighted by Gasteiger charge is -2.05. The van der Waals surface area contributed by atoms with Gasteiger partial charge in [-0.2, -0.15) is 11.3 Å². The van der Waals surface area contributed by atoms with Gasteiger partial charge in [0.1, 0.15) is 0 Å². The molecule has 1 aromatic heterocycles. The van der Waals surface area contributed by atoms with Crippen LogP contribution in [-0.2, 0) is 0 Å². The summed E-state index contributed by atoms with van der Waals surface area (Å²) in [5.74, 6) is 6.25. The fourth-order valence-corrected chi connectivity index (χ4v) is 3.42. The minimum Gasteiger partial charge on any atom is -0.392 e. The van der Waals surface area contributed by atoms with Crippen molar-refractivity contribution in [1.29, 1.82) is 0 Å². The van der Waals surface area contributed by atoms with Crippen molar-refractivity contribution in [2.75, 3.05) is 6.61 Å². The highest BCUT2D eigenvalue weighted by atomic mass is 32.1. The SMILES string of the molecule is CC(C)(C)C#CC=CCC(=CCCCC=Cc1cccc(-c2ccsc2)c1)CO. The predicted octanol–water partition coefficient (Wildman–Crippen LogP) is 7.51. The van der Waals surface area contributed by atoms with E-state index in [2.05, 4.69) is 91.9 Å². The molecule has 0 aliphatic carbocycles. The molecule has 2 aromatic rings. The molecule has 2 heteroatoms. The zero-order valence-corrected chi connectivity index (χ0v) is 18.6. The third-order valence-corrected chi connectivity index (χ3v) is 4.97. The zero-order chi connectivity index (χ0) is 21.0. The van der Waals surface area contributed by atoms with Gasteiger partial charge in [-0.1, -0.05) is 54.3 Å². The molecular weight excluding hydrogens is 372 g/mol. The molecule has 0 aliphatic rings. The van der Waals surface area contributed by atoms with E-state index in [1.807, 2.05) is 12.2 Å². The van der Waals surface area contributed by atoms with E-state index in [0.29, 0.717) is 0 Å². The standard InChI is InChI=1S/C27H32OS/c1-27(2,3)18-10-6-9-14-24(21-28)13-8-5-4-7-12-23-15-11-16-25(20-23)26-17-19-29-22-26/h6-7,9,11-13,15-17,19-20,22,28H,4-5,8,14,21H2,1-3H3. The van der Waals surface area contributed by atoms with Gasteiger partial charge in [0.15, 0.2) is 0 Å². The molecule has 0 unspecified atom stereocenters. The van der Waals surface area contributed by atoms with Gasteiger partial charge in [-0.15, -0.1) is 0 Å². The molecule has 0 amide bonds. The second-order valence-electron chi connectivity index (χ2n) is 8.12. The highest BCUT2D eigenvalue weighted by Crippen LogP contribution is 2.23. The topological polar surface area (TPSA) is 20.2 Å². The highest BCUT2D eigenvalue weighted by Gasteiger charge is 2.02. The summed E-state index contributed by atoms with van der Waals surface area (Å²) in [7, 11) is 0. The Bertz CT molecular complexity index is 881. The summed E-state index contributed by atoms with van der Waals surface area (Å²) in [6.45, 7) is 6.41. The van der Waals surface area contributed by atoms with Crippen LogP contribution < -0.4 is 0 Å². The third kappa shape index (κ3) is 9.61. The van der Waals surface area contributed by atoms with Crippen LogP contribution in [-0.4, -0.2) is 11.7 Å². The number of unbranched alkanes of at least 4 members (excludes halogenated alkanes) is 2. The van der Waals surface area contributed by atoms with Crippen molar-refractivity contribution < 1.29 is 5.11 Å². The molecule has 1 heterocycles. The van der Waals surface area contributed by atoms with Gasteiger partial charge < -0.3 is 5.11 Å². The van der Waals surface area contributed by atoms with E-state index in [1.54, 1.807) is 11.3 Å². The van der Waals surface area contributed by atoms with Crippen molar-refractivity contribution in [2.45, 2.75) is 46.5 Å². The molecule has 2 rings (SSSR count). The lowest BCUT2D eigenvalue weighted by atomic mass is 9.98. The van der Waals surface area contributed by atoms with Crippen molar-refractivity contribution >= 4 is 17.4 Å². The summed E-state index contributed by atoms with van der Waals surface area (Å²) in [4.78, 5) is 0. The van der Waals surface area contributed by atoms with Gasteiger partial charge in [-0.3, -0.25) is 0 Å². The molecule has 0 fully saturated rings. The van der Waals surface area contributed by atoms with Crippen LogP contribution in [0, 0.1) is 17.3 Å². The van der Waals surface area contributed by atoms with Crippen LogP contribution in [0.25, 0.3) is 17.2 Å². The minimum absolute atomic E-state index is 0.0265. The summed E-state index contributed by atoms with van der Waals surface area (Å²) >= 11 is 1.73. The molecule has 0 atom stereocenters. The van der Waals surface area contributed by atoms with E-state index in [9.17, 15) is 5.11 Å². The van der Waals surface area contributed by atoms with E-state index >= 15 is 0 Å². The largest absolute Gasteiger partial charge is 0.392 e. The number of hydrogen-bond donors (Lipinski definition) is 1. The lowest BCUT2D eigenvalue weighted by Crippen LogP contribution is -1.98. The molecule has 0 saturated heterocycles. The van der Waals surface area contributed by atoms with Crippen molar-refractivity contribution in [2.24, 2.45) is 5.41 Å². The molecule has 0 bridgehead atoms. The molecule has 0 saturated carbocycles. The Kier molecular flexibility index (Phi) is 9.71. The number of aliphatic hydroxyl groups excluding tert-OH is 1. The summed E-state index contributed by atoms with van der Waals surface area (Å²) in [5.41, 5.74) is 4.88. The smallest absolute Gasteiger partial charge is 0.0644 e. The van der Waals surface area contributed by atoms with Crippen molar-refractivity contribution in [3.8, 4) is 23.0 Å². The fourth-order valence-electron chi connectivity index (χ4n) is 2.75. The van der Waals surface area contributed by atoms with E-state index in [-0.39, 0.29) is 12.0 Å². The number of hydrogen-bond acceptors (Lipinski definition) is 2. The molecule has 0 aliphatic heterocycles.